The van der Waals surface area contributed by atoms with E-state index in [1.165, 1.54) is 0 Å². The number of hydrogen-bond acceptors (Lipinski definition) is 2. The van der Waals surface area contributed by atoms with Crippen molar-refractivity contribution in [2.45, 2.75) is 6.92 Å². The smallest absolute Gasteiger partial charge is 0.218 e. The number of allylic oxidation sites excluding steroid dienone is 3. The first kappa shape index (κ1) is 8.16. The van der Waals surface area contributed by atoms with Gasteiger partial charge in [-0.1, -0.05) is 6.08 Å². The summed E-state index contributed by atoms with van der Waals surface area (Å²) in [6.45, 7) is 1.63. The van der Waals surface area contributed by atoms with E-state index in [0.29, 0.717) is 11.3 Å². The third kappa shape index (κ3) is 1.09. The van der Waals surface area contributed by atoms with Crippen molar-refractivity contribution < 1.29 is 13.9 Å². The Morgan fingerprint density at radius 3 is 3.00 bits per heavy atom. The number of nitrogens with zero attached hydrogens (tertiary/aromatic N) is 1. The van der Waals surface area contributed by atoms with Crippen LogP contribution in [0.3, 0.4) is 0 Å². The molecule has 0 spiro atoms. The number of carbonyl (C=O) groups is 1. The van der Waals surface area contributed by atoms with Gasteiger partial charge in [0.2, 0.25) is 5.78 Å². The van der Waals surface area contributed by atoms with E-state index in [9.17, 15) is 9.18 Å². The van der Waals surface area contributed by atoms with E-state index in [0.717, 1.165) is 0 Å². The van der Waals surface area contributed by atoms with Crippen LogP contribution < -0.4 is 5.43 Å². The fourth-order valence-corrected chi connectivity index (χ4v) is 1.58. The Morgan fingerprint density at radius 2 is 2.31 bits per heavy atom. The number of nitrogens with one attached hydrogen (secondary N) is 1. The van der Waals surface area contributed by atoms with Crippen LogP contribution in [-0.4, -0.2) is 23.7 Å². The lowest BCUT2D eigenvalue weighted by Crippen LogP contribution is -2.23. The third-order valence-corrected chi connectivity index (χ3v) is 2.24. The normalized spacial score (nSPS) is 26.7. The Hall–Kier alpha value is -1.45. The van der Waals surface area contributed by atoms with Gasteiger partial charge in [0.15, 0.2) is 19.1 Å². The van der Waals surface area contributed by atoms with Crippen molar-refractivity contribution in [1.29, 1.82) is 0 Å². The molecule has 2 aliphatic rings. The number of hydrazine groups is 1. The van der Waals surface area contributed by atoms with E-state index in [-0.39, 0.29) is 5.92 Å². The highest BCUT2D eigenvalue weighted by Gasteiger charge is 2.34. The summed E-state index contributed by atoms with van der Waals surface area (Å²) in [7, 11) is 1.77. The molecule has 1 aliphatic heterocycles. The number of hydrazone groups is 1. The van der Waals surface area contributed by atoms with Gasteiger partial charge < -0.3 is 0 Å². The topological polar surface area (TPSA) is 32.1 Å². The number of hydrogen-bond donors (Lipinski definition) is 1. The van der Waals surface area contributed by atoms with Crippen molar-refractivity contribution in [1.82, 2.24) is 5.43 Å². The largest absolute Gasteiger partial charge is 0.286 e. The highest BCUT2D eigenvalue weighted by Crippen LogP contribution is 2.26. The molecular weight excluding hydrogens is 171 g/mol. The maximum Gasteiger partial charge on any atom is 0.218 e. The Kier molecular flexibility index (Phi) is 1.58. The number of ketones is 1. The van der Waals surface area contributed by atoms with Gasteiger partial charge in [0, 0.05) is 0 Å². The highest BCUT2D eigenvalue weighted by molar-refractivity contribution is 6.08. The van der Waals surface area contributed by atoms with Crippen LogP contribution in [-0.2, 0) is 4.79 Å². The second-order valence-corrected chi connectivity index (χ2v) is 3.30. The Morgan fingerprint density at radius 1 is 1.62 bits per heavy atom. The average Bonchev–Trinajstić information content (AvgIpc) is 2.42. The van der Waals surface area contributed by atoms with Crippen molar-refractivity contribution in [3.8, 4) is 0 Å². The van der Waals surface area contributed by atoms with Crippen molar-refractivity contribution in [2.75, 3.05) is 7.05 Å². The van der Waals surface area contributed by atoms with E-state index in [4.69, 9.17) is 0 Å². The average molecular weight is 181 g/mol. The van der Waals surface area contributed by atoms with Crippen molar-refractivity contribution in [3.63, 3.8) is 0 Å². The van der Waals surface area contributed by atoms with Crippen LogP contribution in [0.2, 0.25) is 0 Å². The molecule has 0 radical (unpaired) electrons. The molecule has 68 valence electrons. The molecule has 1 N–H and O–H groups in total. The molecule has 0 aromatic heterocycles. The molecule has 0 fully saturated rings. The number of fused-ring (bicyclic) bond motifs is 1. The Labute approximate surface area is 75.2 Å². The maximum atomic E-state index is 13.3. The summed E-state index contributed by atoms with van der Waals surface area (Å²) < 4.78 is 15.0. The van der Waals surface area contributed by atoms with Crippen LogP contribution in [0.15, 0.2) is 23.2 Å². The quantitative estimate of drug-likeness (QED) is 0.553. The monoisotopic (exact) mass is 181 g/mol. The zero-order valence-electron chi connectivity index (χ0n) is 7.47. The SMILES string of the molecule is CC1=CC2C=[N+](C)NC2=C(F)C1=O. The molecule has 0 aromatic carbocycles. The number of halogens is 1. The minimum absolute atomic E-state index is 0.109. The van der Waals surface area contributed by atoms with Crippen LogP contribution in [0.5, 0.6) is 0 Å². The molecule has 1 unspecified atom stereocenters. The first-order chi connectivity index (χ1) is 6.09. The Balaban J connectivity index is 2.48. The molecule has 1 aliphatic carbocycles. The molecule has 3 nitrogen and oxygen atoms in total. The van der Waals surface area contributed by atoms with Crippen molar-refractivity contribution >= 4 is 12.0 Å². The van der Waals surface area contributed by atoms with Crippen LogP contribution in [0.1, 0.15) is 6.92 Å². The lowest BCUT2D eigenvalue weighted by Gasteiger charge is -2.10. The molecule has 0 saturated carbocycles. The lowest BCUT2D eigenvalue weighted by molar-refractivity contribution is -0.540. The first-order valence-corrected chi connectivity index (χ1v) is 4.07. The molecule has 0 bridgehead atoms. The number of Topliss-reactive ketones (excluding diaryl/α,β-unsaturated/α-hetero) is 1. The van der Waals surface area contributed by atoms with Crippen LogP contribution in [0, 0.1) is 5.92 Å². The summed E-state index contributed by atoms with van der Waals surface area (Å²) in [5.74, 6) is -1.28. The van der Waals surface area contributed by atoms with Gasteiger partial charge in [-0.05, 0) is 12.5 Å². The van der Waals surface area contributed by atoms with E-state index in [2.05, 4.69) is 5.43 Å². The van der Waals surface area contributed by atoms with E-state index >= 15 is 0 Å². The summed E-state index contributed by atoms with van der Waals surface area (Å²) in [5, 5.41) is 0. The summed E-state index contributed by atoms with van der Waals surface area (Å²) in [4.78, 5) is 11.2. The molecule has 13 heavy (non-hydrogen) atoms. The van der Waals surface area contributed by atoms with Crippen LogP contribution >= 0.6 is 0 Å². The minimum atomic E-state index is -0.661. The van der Waals surface area contributed by atoms with E-state index in [1.807, 2.05) is 6.21 Å². The second-order valence-electron chi connectivity index (χ2n) is 3.30. The predicted octanol–water partition coefficient (Wildman–Crippen LogP) is 0.544. The number of carbonyl (C=O) groups excluding carboxylic acids is 1. The zero-order chi connectivity index (χ0) is 9.59. The number of rotatable bonds is 0. The molecule has 0 amide bonds. The van der Waals surface area contributed by atoms with Gasteiger partial charge in [-0.2, -0.15) is 5.43 Å². The van der Waals surface area contributed by atoms with Gasteiger partial charge in [-0.15, -0.1) is 4.68 Å². The predicted molar refractivity (Wildman–Crippen MR) is 45.8 cm³/mol. The van der Waals surface area contributed by atoms with Crippen LogP contribution in [0.25, 0.3) is 0 Å². The molecule has 1 heterocycles. The fraction of sp³-hybridized carbons (Fsp3) is 0.333. The van der Waals surface area contributed by atoms with Gasteiger partial charge in [0.25, 0.3) is 0 Å². The first-order valence-electron chi connectivity index (χ1n) is 4.07. The minimum Gasteiger partial charge on any atom is -0.286 e. The van der Waals surface area contributed by atoms with E-state index in [1.54, 1.807) is 24.7 Å². The van der Waals surface area contributed by atoms with Gasteiger partial charge in [0.1, 0.15) is 11.6 Å². The summed E-state index contributed by atoms with van der Waals surface area (Å²) in [6.07, 6.45) is 3.59. The van der Waals surface area contributed by atoms with Gasteiger partial charge in [0.05, 0.1) is 0 Å². The van der Waals surface area contributed by atoms with Crippen molar-refractivity contribution in [2.24, 2.45) is 5.92 Å². The van der Waals surface area contributed by atoms with Gasteiger partial charge in [-0.3, -0.25) is 4.79 Å². The summed E-state index contributed by atoms with van der Waals surface area (Å²) in [5.41, 5.74) is 3.60. The lowest BCUT2D eigenvalue weighted by atomic mass is 9.95. The summed E-state index contributed by atoms with van der Waals surface area (Å²) >= 11 is 0. The molecular formula is C9H10FN2O+. The molecule has 1 atom stereocenters. The third-order valence-electron chi connectivity index (χ3n) is 2.24. The van der Waals surface area contributed by atoms with E-state index < -0.39 is 11.6 Å². The Bertz CT molecular complexity index is 379. The van der Waals surface area contributed by atoms with Crippen LogP contribution in [0.4, 0.5) is 4.39 Å². The molecule has 4 heteroatoms. The zero-order valence-corrected chi connectivity index (χ0v) is 7.47. The maximum absolute atomic E-state index is 13.3. The standard InChI is InChI=1S/C9H9FN2O/c1-5-3-6-4-12(2)11-8(6)7(10)9(5)13/h3-4,6H,1-2H3/p+1. The van der Waals surface area contributed by atoms with Crippen molar-refractivity contribution in [3.05, 3.63) is 23.2 Å². The summed E-state index contributed by atoms with van der Waals surface area (Å²) in [6, 6.07) is 0. The second kappa shape index (κ2) is 2.52. The fourth-order valence-electron chi connectivity index (χ4n) is 1.58. The van der Waals surface area contributed by atoms with Gasteiger partial charge in [-0.25, -0.2) is 4.39 Å². The molecule has 0 saturated heterocycles. The highest BCUT2D eigenvalue weighted by atomic mass is 19.1. The van der Waals surface area contributed by atoms with Gasteiger partial charge >= 0.3 is 0 Å². The molecule has 2 rings (SSSR count). The molecule has 0 aromatic rings.